The number of hydrogen-bond acceptors (Lipinski definition) is 3. The Morgan fingerprint density at radius 1 is 0.844 bits per heavy atom. The van der Waals surface area contributed by atoms with E-state index in [2.05, 4.69) is 0 Å². The summed E-state index contributed by atoms with van der Waals surface area (Å²) in [6.45, 7) is 0. The highest BCUT2D eigenvalue weighted by Gasteiger charge is 2.47. The Bertz CT molecular complexity index is 1290. The summed E-state index contributed by atoms with van der Waals surface area (Å²) in [5.74, 6) is -5.38. The first-order valence-corrected chi connectivity index (χ1v) is 9.91. The largest absolute Gasteiger partial charge is 0.507 e. The quantitative estimate of drug-likeness (QED) is 0.284. The molecule has 0 spiro atoms. The van der Waals surface area contributed by atoms with Crippen LogP contribution in [0.25, 0.3) is 5.76 Å². The first-order valence-electron chi connectivity index (χ1n) is 9.16. The van der Waals surface area contributed by atoms with Gasteiger partial charge < -0.3 is 5.11 Å². The fourth-order valence-corrected chi connectivity index (χ4v) is 3.82. The summed E-state index contributed by atoms with van der Waals surface area (Å²) in [4.78, 5) is 26.7. The molecule has 162 valence electrons. The number of amides is 1. The maximum absolute atomic E-state index is 14.6. The van der Waals surface area contributed by atoms with Gasteiger partial charge in [0, 0.05) is 11.6 Å². The number of carbonyl (C=O) groups excluding carboxylic acids is 2. The lowest BCUT2D eigenvalue weighted by molar-refractivity contribution is -0.132. The minimum atomic E-state index is -1.31. The highest BCUT2D eigenvalue weighted by atomic mass is 35.5. The summed E-state index contributed by atoms with van der Waals surface area (Å²) in [6.07, 6.45) is 0. The number of rotatable bonds is 3. The van der Waals surface area contributed by atoms with Gasteiger partial charge in [0.1, 0.15) is 23.2 Å². The Hall–Kier alpha value is -3.29. The van der Waals surface area contributed by atoms with Crippen molar-refractivity contribution in [3.63, 3.8) is 0 Å². The van der Waals surface area contributed by atoms with Crippen LogP contribution in [-0.2, 0) is 9.59 Å². The van der Waals surface area contributed by atoms with E-state index in [-0.39, 0.29) is 32.4 Å². The van der Waals surface area contributed by atoms with Gasteiger partial charge in [-0.2, -0.15) is 0 Å². The average molecular weight is 478 g/mol. The van der Waals surface area contributed by atoms with E-state index in [1.807, 2.05) is 0 Å². The molecule has 1 N–H and O–H groups in total. The number of anilines is 1. The van der Waals surface area contributed by atoms with E-state index in [9.17, 15) is 27.9 Å². The zero-order valence-corrected chi connectivity index (χ0v) is 17.5. The van der Waals surface area contributed by atoms with Crippen molar-refractivity contribution in [2.45, 2.75) is 6.04 Å². The summed E-state index contributed by atoms with van der Waals surface area (Å²) in [7, 11) is 0. The van der Waals surface area contributed by atoms with E-state index < -0.39 is 40.9 Å². The number of Topliss-reactive ketones (excluding diaryl/α,β-unsaturated/α-hetero) is 1. The summed E-state index contributed by atoms with van der Waals surface area (Å²) in [5, 5.41) is 11.2. The van der Waals surface area contributed by atoms with Crippen molar-refractivity contribution in [1.82, 2.24) is 0 Å². The summed E-state index contributed by atoms with van der Waals surface area (Å²) in [5.41, 5.74) is -0.445. The van der Waals surface area contributed by atoms with E-state index in [4.69, 9.17) is 23.2 Å². The molecule has 32 heavy (non-hydrogen) atoms. The molecule has 1 heterocycles. The van der Waals surface area contributed by atoms with Crippen LogP contribution in [0.3, 0.4) is 0 Å². The highest BCUT2D eigenvalue weighted by molar-refractivity contribution is 6.51. The van der Waals surface area contributed by atoms with E-state index in [1.165, 1.54) is 30.3 Å². The van der Waals surface area contributed by atoms with Crippen LogP contribution in [0.5, 0.6) is 0 Å². The number of hydrogen-bond donors (Lipinski definition) is 1. The third-order valence-corrected chi connectivity index (χ3v) is 5.73. The Morgan fingerprint density at radius 3 is 2.12 bits per heavy atom. The number of aliphatic hydroxyl groups is 1. The van der Waals surface area contributed by atoms with Gasteiger partial charge in [0.05, 0.1) is 27.3 Å². The molecule has 1 fully saturated rings. The Kier molecular flexibility index (Phi) is 5.71. The lowest BCUT2D eigenvalue weighted by atomic mass is 9.95. The van der Waals surface area contributed by atoms with E-state index in [0.717, 1.165) is 29.2 Å². The maximum atomic E-state index is 14.6. The standard InChI is InChI=1S/C23H12Cl2F3NO3/c24-15-7-3-12(9-16(15)25)21(30)19-20(11-1-4-13(26)5-2-11)29(23(32)22(19)31)18-8-6-14(27)10-17(18)28/h1-10,20,30H/b21-19+. The van der Waals surface area contributed by atoms with Gasteiger partial charge in [-0.25, -0.2) is 13.2 Å². The Morgan fingerprint density at radius 2 is 1.50 bits per heavy atom. The molecule has 3 aromatic rings. The van der Waals surface area contributed by atoms with Crippen LogP contribution in [0.15, 0.2) is 66.2 Å². The van der Waals surface area contributed by atoms with Crippen molar-refractivity contribution >= 4 is 46.3 Å². The molecular weight excluding hydrogens is 466 g/mol. The molecule has 1 aliphatic rings. The molecule has 9 heteroatoms. The van der Waals surface area contributed by atoms with Gasteiger partial charge in [-0.1, -0.05) is 35.3 Å². The SMILES string of the molecule is O=C1C(=O)N(c2ccc(F)cc2F)C(c2ccc(F)cc2)/C1=C(\O)c1ccc(Cl)c(Cl)c1. The van der Waals surface area contributed by atoms with Gasteiger partial charge in [0.15, 0.2) is 0 Å². The zero-order valence-electron chi connectivity index (χ0n) is 16.0. The van der Waals surface area contributed by atoms with Crippen molar-refractivity contribution in [2.75, 3.05) is 4.90 Å². The van der Waals surface area contributed by atoms with Crippen molar-refractivity contribution in [3.05, 3.63) is 105 Å². The minimum Gasteiger partial charge on any atom is -0.507 e. The predicted molar refractivity (Wildman–Crippen MR) is 114 cm³/mol. The molecule has 1 atom stereocenters. The van der Waals surface area contributed by atoms with Crippen molar-refractivity contribution in [2.24, 2.45) is 0 Å². The maximum Gasteiger partial charge on any atom is 0.300 e. The minimum absolute atomic E-state index is 0.0871. The van der Waals surface area contributed by atoms with Crippen LogP contribution in [0.2, 0.25) is 10.0 Å². The van der Waals surface area contributed by atoms with Crippen LogP contribution in [0, 0.1) is 17.5 Å². The van der Waals surface area contributed by atoms with Crippen molar-refractivity contribution < 1.29 is 27.9 Å². The topological polar surface area (TPSA) is 57.6 Å². The normalized spacial score (nSPS) is 17.8. The molecule has 1 unspecified atom stereocenters. The number of carbonyl (C=O) groups is 2. The third kappa shape index (κ3) is 3.74. The first-order chi connectivity index (χ1) is 15.2. The molecule has 1 saturated heterocycles. The van der Waals surface area contributed by atoms with Crippen molar-refractivity contribution in [3.8, 4) is 0 Å². The molecular formula is C23H12Cl2F3NO3. The van der Waals surface area contributed by atoms with Crippen molar-refractivity contribution in [1.29, 1.82) is 0 Å². The molecule has 4 rings (SSSR count). The monoisotopic (exact) mass is 477 g/mol. The van der Waals surface area contributed by atoms with Crippen LogP contribution < -0.4 is 4.90 Å². The summed E-state index contributed by atoms with van der Waals surface area (Å²) >= 11 is 11.9. The first kappa shape index (κ1) is 21.9. The van der Waals surface area contributed by atoms with Crippen LogP contribution >= 0.6 is 23.2 Å². The molecule has 0 radical (unpaired) electrons. The van der Waals surface area contributed by atoms with E-state index in [0.29, 0.717) is 6.07 Å². The lowest BCUT2D eigenvalue weighted by Gasteiger charge is -2.25. The lowest BCUT2D eigenvalue weighted by Crippen LogP contribution is -2.30. The van der Waals surface area contributed by atoms with E-state index in [1.54, 1.807) is 0 Å². The second-order valence-electron chi connectivity index (χ2n) is 6.95. The van der Waals surface area contributed by atoms with Gasteiger partial charge in [-0.15, -0.1) is 0 Å². The van der Waals surface area contributed by atoms with E-state index >= 15 is 0 Å². The fourth-order valence-electron chi connectivity index (χ4n) is 3.52. The predicted octanol–water partition coefficient (Wildman–Crippen LogP) is 6.04. The molecule has 1 amide bonds. The van der Waals surface area contributed by atoms with Gasteiger partial charge in [-0.05, 0) is 48.0 Å². The van der Waals surface area contributed by atoms with Gasteiger partial charge in [0.25, 0.3) is 11.7 Å². The Balaban J connectivity index is 1.97. The average Bonchev–Trinajstić information content (AvgIpc) is 3.01. The van der Waals surface area contributed by atoms with Crippen LogP contribution in [0.4, 0.5) is 18.9 Å². The number of nitrogens with zero attached hydrogens (tertiary/aromatic N) is 1. The van der Waals surface area contributed by atoms with Gasteiger partial charge in [0.2, 0.25) is 0 Å². The number of benzene rings is 3. The molecule has 1 aliphatic heterocycles. The molecule has 0 aliphatic carbocycles. The molecule has 4 nitrogen and oxygen atoms in total. The number of ketones is 1. The summed E-state index contributed by atoms with van der Waals surface area (Å²) < 4.78 is 41.6. The molecule has 0 saturated carbocycles. The third-order valence-electron chi connectivity index (χ3n) is 4.99. The Labute approximate surface area is 190 Å². The number of aliphatic hydroxyl groups excluding tert-OH is 1. The second kappa shape index (κ2) is 8.33. The van der Waals surface area contributed by atoms with Crippen LogP contribution in [-0.4, -0.2) is 16.8 Å². The highest BCUT2D eigenvalue weighted by Crippen LogP contribution is 2.43. The van der Waals surface area contributed by atoms with Crippen LogP contribution in [0.1, 0.15) is 17.2 Å². The van der Waals surface area contributed by atoms with Gasteiger partial charge >= 0.3 is 0 Å². The molecule has 3 aromatic carbocycles. The fraction of sp³-hybridized carbons (Fsp3) is 0.0435. The molecule has 0 bridgehead atoms. The zero-order chi connectivity index (χ0) is 23.2. The number of halogens is 5. The van der Waals surface area contributed by atoms with Gasteiger partial charge in [-0.3, -0.25) is 14.5 Å². The second-order valence-corrected chi connectivity index (χ2v) is 7.76. The summed E-state index contributed by atoms with van der Waals surface area (Å²) in [6, 6.07) is 10.0. The molecule has 0 aromatic heterocycles. The smallest absolute Gasteiger partial charge is 0.300 e.